The van der Waals surface area contributed by atoms with Gasteiger partial charge >= 0.3 is 0 Å². The molecule has 1 unspecified atom stereocenters. The molecule has 0 amide bonds. The molecule has 1 heterocycles. The van der Waals surface area contributed by atoms with Crippen LogP contribution in [-0.4, -0.2) is 35.3 Å². The van der Waals surface area contributed by atoms with Crippen molar-refractivity contribution in [2.45, 2.75) is 18.9 Å². The molecular formula is C15H22N2O. The van der Waals surface area contributed by atoms with Crippen molar-refractivity contribution in [3.8, 4) is 0 Å². The molecule has 2 aromatic rings. The molecule has 3 nitrogen and oxygen atoms in total. The molecule has 0 radical (unpaired) electrons. The minimum atomic E-state index is 0.259. The van der Waals surface area contributed by atoms with E-state index in [0.29, 0.717) is 6.04 Å². The van der Waals surface area contributed by atoms with Gasteiger partial charge in [-0.3, -0.25) is 0 Å². The van der Waals surface area contributed by atoms with E-state index in [1.165, 1.54) is 16.5 Å². The van der Waals surface area contributed by atoms with E-state index in [-0.39, 0.29) is 6.61 Å². The topological polar surface area (TPSA) is 28.4 Å². The number of benzene rings is 1. The third-order valence-corrected chi connectivity index (χ3v) is 3.55. The lowest BCUT2D eigenvalue weighted by molar-refractivity contribution is 0.236. The summed E-state index contributed by atoms with van der Waals surface area (Å²) in [6.45, 7) is 0.259. The first-order chi connectivity index (χ1) is 8.65. The highest BCUT2D eigenvalue weighted by atomic mass is 16.2. The number of aliphatic hydroxyl groups excluding tert-OH is 1. The van der Waals surface area contributed by atoms with Gasteiger partial charge in [-0.1, -0.05) is 18.2 Å². The predicted molar refractivity (Wildman–Crippen MR) is 75.7 cm³/mol. The average molecular weight is 246 g/mol. The summed E-state index contributed by atoms with van der Waals surface area (Å²) < 4.78 is 2.18. The first kappa shape index (κ1) is 13.1. The Bertz CT molecular complexity index is 516. The Hall–Kier alpha value is -1.32. The Morgan fingerprint density at radius 1 is 1.28 bits per heavy atom. The molecule has 1 atom stereocenters. The lowest BCUT2D eigenvalue weighted by Crippen LogP contribution is -2.20. The van der Waals surface area contributed by atoms with Crippen LogP contribution < -0.4 is 0 Å². The van der Waals surface area contributed by atoms with E-state index in [1.54, 1.807) is 0 Å². The van der Waals surface area contributed by atoms with Crippen molar-refractivity contribution in [3.63, 3.8) is 0 Å². The van der Waals surface area contributed by atoms with Gasteiger partial charge in [0.25, 0.3) is 0 Å². The summed E-state index contributed by atoms with van der Waals surface area (Å²) in [7, 11) is 6.29. The smallest absolute Gasteiger partial charge is 0.0481 e. The van der Waals surface area contributed by atoms with Crippen LogP contribution in [0.15, 0.2) is 30.5 Å². The highest BCUT2D eigenvalue weighted by molar-refractivity contribution is 5.84. The molecule has 0 aliphatic carbocycles. The van der Waals surface area contributed by atoms with Gasteiger partial charge in [-0.15, -0.1) is 0 Å². The summed E-state index contributed by atoms with van der Waals surface area (Å²) in [6, 6.07) is 8.86. The molecule has 0 saturated carbocycles. The Kier molecular flexibility index (Phi) is 4.04. The molecular weight excluding hydrogens is 224 g/mol. The van der Waals surface area contributed by atoms with Crippen molar-refractivity contribution < 1.29 is 5.11 Å². The van der Waals surface area contributed by atoms with Crippen LogP contribution in [0.4, 0.5) is 0 Å². The van der Waals surface area contributed by atoms with Gasteiger partial charge in [0.2, 0.25) is 0 Å². The van der Waals surface area contributed by atoms with E-state index in [0.717, 1.165) is 12.8 Å². The van der Waals surface area contributed by atoms with Crippen LogP contribution in [0.5, 0.6) is 0 Å². The molecule has 18 heavy (non-hydrogen) atoms. The fourth-order valence-corrected chi connectivity index (χ4v) is 2.62. The number of fused-ring (bicyclic) bond motifs is 1. The van der Waals surface area contributed by atoms with Gasteiger partial charge in [0, 0.05) is 36.8 Å². The van der Waals surface area contributed by atoms with Crippen LogP contribution in [0.2, 0.25) is 0 Å². The highest BCUT2D eigenvalue weighted by Crippen LogP contribution is 2.31. The fourth-order valence-electron chi connectivity index (χ4n) is 2.62. The first-order valence-electron chi connectivity index (χ1n) is 6.46. The summed E-state index contributed by atoms with van der Waals surface area (Å²) >= 11 is 0. The number of aromatic nitrogens is 1. The maximum Gasteiger partial charge on any atom is 0.0481 e. The van der Waals surface area contributed by atoms with Gasteiger partial charge in [-0.2, -0.15) is 0 Å². The summed E-state index contributed by atoms with van der Waals surface area (Å²) in [5.74, 6) is 0. The normalized spacial score (nSPS) is 13.4. The molecule has 98 valence electrons. The Morgan fingerprint density at radius 3 is 2.67 bits per heavy atom. The zero-order valence-corrected chi connectivity index (χ0v) is 11.4. The summed E-state index contributed by atoms with van der Waals surface area (Å²) in [6.07, 6.45) is 4.04. The molecule has 0 saturated heterocycles. The summed E-state index contributed by atoms with van der Waals surface area (Å²) in [5, 5.41) is 10.4. The molecule has 0 aliphatic rings. The lowest BCUT2D eigenvalue weighted by Gasteiger charge is -2.23. The second kappa shape index (κ2) is 5.55. The minimum Gasteiger partial charge on any atom is -0.396 e. The zero-order chi connectivity index (χ0) is 13.1. The lowest BCUT2D eigenvalue weighted by atomic mass is 10.0. The molecule has 0 spiro atoms. The fraction of sp³-hybridized carbons (Fsp3) is 0.467. The maximum absolute atomic E-state index is 9.04. The van der Waals surface area contributed by atoms with E-state index >= 15 is 0 Å². The average Bonchev–Trinajstić information content (AvgIpc) is 2.68. The second-order valence-electron chi connectivity index (χ2n) is 5.06. The van der Waals surface area contributed by atoms with Crippen molar-refractivity contribution in [2.75, 3.05) is 20.7 Å². The molecule has 0 bridgehead atoms. The molecule has 1 N–H and O–H groups in total. The minimum absolute atomic E-state index is 0.259. The molecule has 3 heteroatoms. The van der Waals surface area contributed by atoms with Crippen molar-refractivity contribution in [1.29, 1.82) is 0 Å². The Labute approximate surface area is 109 Å². The van der Waals surface area contributed by atoms with Gasteiger partial charge in [0.15, 0.2) is 0 Å². The van der Waals surface area contributed by atoms with Crippen LogP contribution >= 0.6 is 0 Å². The van der Waals surface area contributed by atoms with E-state index in [4.69, 9.17) is 5.11 Å². The molecule has 1 aromatic heterocycles. The van der Waals surface area contributed by atoms with Crippen molar-refractivity contribution in [1.82, 2.24) is 9.47 Å². The van der Waals surface area contributed by atoms with E-state index in [2.05, 4.69) is 61.1 Å². The first-order valence-corrected chi connectivity index (χ1v) is 6.46. The quantitative estimate of drug-likeness (QED) is 0.878. The van der Waals surface area contributed by atoms with Crippen LogP contribution in [0.3, 0.4) is 0 Å². The van der Waals surface area contributed by atoms with Gasteiger partial charge in [-0.05, 0) is 38.6 Å². The number of nitrogens with zero attached hydrogens (tertiary/aromatic N) is 2. The second-order valence-corrected chi connectivity index (χ2v) is 5.06. The van der Waals surface area contributed by atoms with E-state index in [1.807, 2.05) is 0 Å². The monoisotopic (exact) mass is 246 g/mol. The molecule has 0 fully saturated rings. The van der Waals surface area contributed by atoms with Crippen LogP contribution in [0.1, 0.15) is 24.4 Å². The van der Waals surface area contributed by atoms with Gasteiger partial charge in [0.1, 0.15) is 0 Å². The van der Waals surface area contributed by atoms with Crippen molar-refractivity contribution in [3.05, 3.63) is 36.0 Å². The number of aryl methyl sites for hydroxylation is 1. The van der Waals surface area contributed by atoms with Crippen molar-refractivity contribution in [2.24, 2.45) is 7.05 Å². The number of hydrogen-bond acceptors (Lipinski definition) is 2. The SMILES string of the molecule is CN(C)C(CCCO)c1cn(C)c2ccccc12. The number of aliphatic hydroxyl groups is 1. The van der Waals surface area contributed by atoms with Gasteiger partial charge in [0.05, 0.1) is 0 Å². The standard InChI is InChI=1S/C15H22N2O/c1-16(2)14(9-6-10-18)13-11-17(3)15-8-5-4-7-12(13)15/h4-5,7-8,11,14,18H,6,9-10H2,1-3H3. The highest BCUT2D eigenvalue weighted by Gasteiger charge is 2.18. The Balaban J connectivity index is 2.44. The third kappa shape index (κ3) is 2.42. The number of para-hydroxylation sites is 1. The largest absolute Gasteiger partial charge is 0.396 e. The zero-order valence-electron chi connectivity index (χ0n) is 11.4. The van der Waals surface area contributed by atoms with Crippen LogP contribution in [-0.2, 0) is 7.05 Å². The van der Waals surface area contributed by atoms with Crippen LogP contribution in [0, 0.1) is 0 Å². The Morgan fingerprint density at radius 2 is 2.00 bits per heavy atom. The predicted octanol–water partition coefficient (Wildman–Crippen LogP) is 2.55. The number of hydrogen-bond donors (Lipinski definition) is 1. The maximum atomic E-state index is 9.04. The van der Waals surface area contributed by atoms with Gasteiger partial charge in [-0.25, -0.2) is 0 Å². The van der Waals surface area contributed by atoms with Crippen LogP contribution in [0.25, 0.3) is 10.9 Å². The third-order valence-electron chi connectivity index (χ3n) is 3.55. The summed E-state index contributed by atoms with van der Waals surface area (Å²) in [5.41, 5.74) is 2.62. The van der Waals surface area contributed by atoms with Gasteiger partial charge < -0.3 is 14.6 Å². The van der Waals surface area contributed by atoms with E-state index < -0.39 is 0 Å². The summed E-state index contributed by atoms with van der Waals surface area (Å²) in [4.78, 5) is 2.23. The van der Waals surface area contributed by atoms with E-state index in [9.17, 15) is 0 Å². The number of rotatable bonds is 5. The molecule has 0 aliphatic heterocycles. The molecule has 1 aromatic carbocycles. The molecule has 2 rings (SSSR count). The van der Waals surface area contributed by atoms with Crippen molar-refractivity contribution >= 4 is 10.9 Å².